The Balaban J connectivity index is 1.97. The van der Waals surface area contributed by atoms with Crippen molar-refractivity contribution in [1.29, 1.82) is 0 Å². The van der Waals surface area contributed by atoms with Gasteiger partial charge in [0.25, 0.3) is 0 Å². The van der Waals surface area contributed by atoms with Gasteiger partial charge in [0.15, 0.2) is 0 Å². The Morgan fingerprint density at radius 3 is 2.71 bits per heavy atom. The first-order chi connectivity index (χ1) is 11.4. The fourth-order valence-electron chi connectivity index (χ4n) is 2.11. The lowest BCUT2D eigenvalue weighted by atomic mass is 10.2. The van der Waals surface area contributed by atoms with Gasteiger partial charge in [-0.25, -0.2) is 8.42 Å². The summed E-state index contributed by atoms with van der Waals surface area (Å²) in [5, 5.41) is 3.17. The molecule has 1 N–H and O–H groups in total. The van der Waals surface area contributed by atoms with Crippen LogP contribution in [0, 0.1) is 0 Å². The van der Waals surface area contributed by atoms with Crippen molar-refractivity contribution < 1.29 is 13.2 Å². The van der Waals surface area contributed by atoms with Gasteiger partial charge in [0, 0.05) is 36.9 Å². The highest BCUT2D eigenvalue weighted by Crippen LogP contribution is 2.21. The maximum absolute atomic E-state index is 12.0. The third-order valence-electron chi connectivity index (χ3n) is 3.25. The molecule has 128 valence electrons. The second kappa shape index (κ2) is 8.12. The number of hydrogen-bond acceptors (Lipinski definition) is 4. The van der Waals surface area contributed by atoms with Gasteiger partial charge in [-0.2, -0.15) is 0 Å². The normalized spacial score (nSPS) is 11.1. The van der Waals surface area contributed by atoms with Crippen LogP contribution in [-0.2, 0) is 21.4 Å². The number of carbonyl (C=O) groups excluding carboxylic acids is 1. The molecular weight excluding hydrogens is 350 g/mol. The Morgan fingerprint density at radius 2 is 2.08 bits per heavy atom. The van der Waals surface area contributed by atoms with Crippen molar-refractivity contribution in [1.82, 2.24) is 10.3 Å². The third-order valence-corrected chi connectivity index (χ3v) is 4.68. The number of halogens is 1. The fourth-order valence-corrected chi connectivity index (χ4v) is 3.22. The van der Waals surface area contributed by atoms with Crippen LogP contribution in [0.5, 0.6) is 0 Å². The fraction of sp³-hybridized carbons (Fsp3) is 0.250. The van der Waals surface area contributed by atoms with Crippen LogP contribution in [0.15, 0.2) is 48.8 Å². The van der Waals surface area contributed by atoms with E-state index in [2.05, 4.69) is 10.3 Å². The van der Waals surface area contributed by atoms with Crippen molar-refractivity contribution in [2.24, 2.45) is 0 Å². The molecule has 0 radical (unpaired) electrons. The van der Waals surface area contributed by atoms with Gasteiger partial charge in [-0.3, -0.25) is 14.1 Å². The summed E-state index contributed by atoms with van der Waals surface area (Å²) in [5.74, 6) is -0.241. The van der Waals surface area contributed by atoms with Gasteiger partial charge in [0.05, 0.1) is 11.9 Å². The molecule has 1 aromatic carbocycles. The molecule has 24 heavy (non-hydrogen) atoms. The van der Waals surface area contributed by atoms with E-state index in [1.165, 1.54) is 4.31 Å². The molecule has 2 aromatic rings. The number of carbonyl (C=O) groups is 1. The van der Waals surface area contributed by atoms with E-state index in [1.807, 2.05) is 6.07 Å². The van der Waals surface area contributed by atoms with E-state index in [9.17, 15) is 13.2 Å². The minimum Gasteiger partial charge on any atom is -0.352 e. The minimum absolute atomic E-state index is 0.0397. The first-order valence-electron chi connectivity index (χ1n) is 7.25. The molecule has 8 heteroatoms. The molecule has 0 atom stereocenters. The summed E-state index contributed by atoms with van der Waals surface area (Å²) in [6.07, 6.45) is 4.46. The van der Waals surface area contributed by atoms with Crippen molar-refractivity contribution >= 4 is 33.2 Å². The average Bonchev–Trinajstić information content (AvgIpc) is 2.53. The zero-order valence-corrected chi connectivity index (χ0v) is 14.7. The molecule has 1 amide bonds. The molecule has 0 saturated heterocycles. The molecule has 6 nitrogen and oxygen atoms in total. The van der Waals surface area contributed by atoms with Crippen LogP contribution < -0.4 is 9.62 Å². The summed E-state index contributed by atoms with van der Waals surface area (Å²) in [6, 6.07) is 10.1. The second-order valence-corrected chi connectivity index (χ2v) is 7.55. The van der Waals surface area contributed by atoms with Crippen molar-refractivity contribution in [3.8, 4) is 0 Å². The highest BCUT2D eigenvalue weighted by Gasteiger charge is 2.18. The van der Waals surface area contributed by atoms with Crippen LogP contribution in [0.25, 0.3) is 0 Å². The molecule has 0 fully saturated rings. The molecule has 0 aliphatic heterocycles. The van der Waals surface area contributed by atoms with E-state index in [1.54, 1.807) is 42.7 Å². The number of rotatable bonds is 7. The Bertz CT molecular complexity index is 797. The summed E-state index contributed by atoms with van der Waals surface area (Å²) in [6.45, 7) is 0.390. The van der Waals surface area contributed by atoms with Gasteiger partial charge >= 0.3 is 0 Å². The van der Waals surface area contributed by atoms with Gasteiger partial charge in [-0.15, -0.1) is 0 Å². The lowest BCUT2D eigenvalue weighted by Gasteiger charge is -2.22. The number of nitrogens with one attached hydrogen (secondary N) is 1. The molecule has 1 aromatic heterocycles. The lowest BCUT2D eigenvalue weighted by Crippen LogP contribution is -2.34. The van der Waals surface area contributed by atoms with Crippen LogP contribution in [0.3, 0.4) is 0 Å². The van der Waals surface area contributed by atoms with E-state index in [0.717, 1.165) is 11.8 Å². The van der Waals surface area contributed by atoms with Gasteiger partial charge in [-0.05, 0) is 29.8 Å². The zero-order valence-electron chi connectivity index (χ0n) is 13.1. The van der Waals surface area contributed by atoms with E-state index < -0.39 is 10.0 Å². The van der Waals surface area contributed by atoms with Crippen LogP contribution >= 0.6 is 11.6 Å². The minimum atomic E-state index is -3.51. The molecule has 0 unspecified atom stereocenters. The molecule has 0 spiro atoms. The standard InChI is InChI=1S/C16H18ClN3O3S/c1-24(22,23)20(15-6-2-5-14(17)10-15)9-7-16(21)19-12-13-4-3-8-18-11-13/h2-6,8,10-11H,7,9,12H2,1H3,(H,19,21). The van der Waals surface area contributed by atoms with E-state index in [-0.39, 0.29) is 18.9 Å². The third kappa shape index (κ3) is 5.50. The van der Waals surface area contributed by atoms with Crippen molar-refractivity contribution in [2.45, 2.75) is 13.0 Å². The smallest absolute Gasteiger partial charge is 0.232 e. The SMILES string of the molecule is CS(=O)(=O)N(CCC(=O)NCc1cccnc1)c1cccc(Cl)c1. The Labute approximate surface area is 146 Å². The molecule has 0 saturated carbocycles. The van der Waals surface area contributed by atoms with Crippen LogP contribution in [0.1, 0.15) is 12.0 Å². The van der Waals surface area contributed by atoms with Gasteiger partial charge in [-0.1, -0.05) is 23.7 Å². The van der Waals surface area contributed by atoms with Gasteiger partial charge in [0.2, 0.25) is 15.9 Å². The predicted octanol–water partition coefficient (Wildman–Crippen LogP) is 2.21. The van der Waals surface area contributed by atoms with E-state index in [4.69, 9.17) is 11.6 Å². The van der Waals surface area contributed by atoms with Gasteiger partial charge in [0.1, 0.15) is 0 Å². The maximum atomic E-state index is 12.0. The van der Waals surface area contributed by atoms with Crippen molar-refractivity contribution in [3.63, 3.8) is 0 Å². The number of nitrogens with zero attached hydrogens (tertiary/aromatic N) is 2. The lowest BCUT2D eigenvalue weighted by molar-refractivity contribution is -0.121. The number of sulfonamides is 1. The average molecular weight is 368 g/mol. The summed E-state index contributed by atoms with van der Waals surface area (Å²) >= 11 is 5.91. The van der Waals surface area contributed by atoms with E-state index in [0.29, 0.717) is 17.3 Å². The largest absolute Gasteiger partial charge is 0.352 e. The van der Waals surface area contributed by atoms with Crippen molar-refractivity contribution in [2.75, 3.05) is 17.1 Å². The van der Waals surface area contributed by atoms with Crippen LogP contribution in [0.2, 0.25) is 5.02 Å². The Morgan fingerprint density at radius 1 is 1.29 bits per heavy atom. The molecule has 0 aliphatic rings. The summed E-state index contributed by atoms with van der Waals surface area (Å²) < 4.78 is 25.1. The summed E-state index contributed by atoms with van der Waals surface area (Å²) in [4.78, 5) is 15.9. The topological polar surface area (TPSA) is 79.4 Å². The van der Waals surface area contributed by atoms with Gasteiger partial charge < -0.3 is 5.32 Å². The number of pyridine rings is 1. The summed E-state index contributed by atoms with van der Waals surface area (Å²) in [7, 11) is -3.51. The second-order valence-electron chi connectivity index (χ2n) is 5.20. The molecule has 1 heterocycles. The number of anilines is 1. The predicted molar refractivity (Wildman–Crippen MR) is 94.3 cm³/mol. The highest BCUT2D eigenvalue weighted by molar-refractivity contribution is 7.92. The first kappa shape index (κ1) is 18.2. The molecule has 0 aliphatic carbocycles. The van der Waals surface area contributed by atoms with E-state index >= 15 is 0 Å². The van der Waals surface area contributed by atoms with Crippen LogP contribution in [-0.4, -0.2) is 32.1 Å². The highest BCUT2D eigenvalue weighted by atomic mass is 35.5. The molecular formula is C16H18ClN3O3S. The number of amides is 1. The first-order valence-corrected chi connectivity index (χ1v) is 9.48. The van der Waals surface area contributed by atoms with Crippen molar-refractivity contribution in [3.05, 3.63) is 59.4 Å². The zero-order chi connectivity index (χ0) is 17.6. The molecule has 2 rings (SSSR count). The Hall–Kier alpha value is -2.12. The maximum Gasteiger partial charge on any atom is 0.232 e. The van der Waals surface area contributed by atoms with Crippen LogP contribution in [0.4, 0.5) is 5.69 Å². The molecule has 0 bridgehead atoms. The summed E-state index contributed by atoms with van der Waals surface area (Å²) in [5.41, 5.74) is 1.31. The number of benzene rings is 1. The quantitative estimate of drug-likeness (QED) is 0.813. The number of hydrogen-bond donors (Lipinski definition) is 1. The Kier molecular flexibility index (Phi) is 6.16. The monoisotopic (exact) mass is 367 g/mol. The number of aromatic nitrogens is 1.